The van der Waals surface area contributed by atoms with Crippen molar-refractivity contribution in [1.82, 2.24) is 10.2 Å². The van der Waals surface area contributed by atoms with Gasteiger partial charge >= 0.3 is 0 Å². The van der Waals surface area contributed by atoms with E-state index >= 15 is 0 Å². The highest BCUT2D eigenvalue weighted by Crippen LogP contribution is 2.38. The summed E-state index contributed by atoms with van der Waals surface area (Å²) in [6, 6.07) is 0.689. The molecule has 0 amide bonds. The van der Waals surface area contributed by atoms with Gasteiger partial charge in [-0.1, -0.05) is 20.8 Å². The van der Waals surface area contributed by atoms with Crippen molar-refractivity contribution in [3.05, 3.63) is 0 Å². The Hall–Kier alpha value is -0.120. The first-order chi connectivity index (χ1) is 9.02. The van der Waals surface area contributed by atoms with Crippen LogP contribution in [0.25, 0.3) is 0 Å². The quantitative estimate of drug-likeness (QED) is 0.686. The Kier molecular flexibility index (Phi) is 7.33. The van der Waals surface area contributed by atoms with E-state index in [1.165, 1.54) is 25.8 Å². The first-order valence-corrected chi connectivity index (χ1v) is 7.99. The van der Waals surface area contributed by atoms with Gasteiger partial charge in [0, 0.05) is 25.7 Å². The van der Waals surface area contributed by atoms with E-state index in [4.69, 9.17) is 4.74 Å². The van der Waals surface area contributed by atoms with Crippen LogP contribution in [-0.2, 0) is 4.74 Å². The molecule has 1 fully saturated rings. The van der Waals surface area contributed by atoms with Gasteiger partial charge in [-0.15, -0.1) is 0 Å². The lowest BCUT2D eigenvalue weighted by molar-refractivity contribution is 0.0779. The zero-order chi connectivity index (χ0) is 14.3. The summed E-state index contributed by atoms with van der Waals surface area (Å²) in [5, 5.41) is 3.53. The van der Waals surface area contributed by atoms with Crippen molar-refractivity contribution in [1.29, 1.82) is 0 Å². The lowest BCUT2D eigenvalue weighted by Crippen LogP contribution is -2.47. The zero-order valence-corrected chi connectivity index (χ0v) is 13.7. The van der Waals surface area contributed by atoms with Gasteiger partial charge in [-0.05, 0) is 51.1 Å². The standard InChI is InChI=1S/C16H34N2O/c1-6-18(10-11-19-7-2)13-14-12-16(3,4)9-8-15(14)17-5/h14-15,17H,6-13H2,1-5H3. The van der Waals surface area contributed by atoms with E-state index in [-0.39, 0.29) is 0 Å². The van der Waals surface area contributed by atoms with Gasteiger partial charge in [0.1, 0.15) is 0 Å². The van der Waals surface area contributed by atoms with E-state index in [1.807, 2.05) is 0 Å². The average molecular weight is 270 g/mol. The smallest absolute Gasteiger partial charge is 0.0593 e. The van der Waals surface area contributed by atoms with E-state index in [9.17, 15) is 0 Å². The van der Waals surface area contributed by atoms with Crippen molar-refractivity contribution in [3.63, 3.8) is 0 Å². The van der Waals surface area contributed by atoms with E-state index < -0.39 is 0 Å². The Labute approximate surface area is 120 Å². The molecule has 0 radical (unpaired) electrons. The minimum absolute atomic E-state index is 0.511. The molecule has 1 aliphatic rings. The van der Waals surface area contributed by atoms with Gasteiger partial charge in [0.15, 0.2) is 0 Å². The van der Waals surface area contributed by atoms with E-state index in [0.717, 1.165) is 32.2 Å². The second-order valence-electron chi connectivity index (χ2n) is 6.65. The van der Waals surface area contributed by atoms with Crippen molar-refractivity contribution < 1.29 is 4.74 Å². The molecule has 0 spiro atoms. The maximum absolute atomic E-state index is 5.49. The fourth-order valence-electron chi connectivity index (χ4n) is 3.36. The van der Waals surface area contributed by atoms with Crippen molar-refractivity contribution in [2.45, 2.75) is 53.0 Å². The molecule has 0 heterocycles. The molecule has 1 saturated carbocycles. The summed E-state index contributed by atoms with van der Waals surface area (Å²) >= 11 is 0. The highest BCUT2D eigenvalue weighted by Gasteiger charge is 2.34. The molecule has 0 bridgehead atoms. The van der Waals surface area contributed by atoms with Gasteiger partial charge in [0.25, 0.3) is 0 Å². The number of nitrogens with zero attached hydrogens (tertiary/aromatic N) is 1. The van der Waals surface area contributed by atoms with Gasteiger partial charge in [0.05, 0.1) is 6.61 Å². The molecule has 114 valence electrons. The normalized spacial score (nSPS) is 26.8. The largest absolute Gasteiger partial charge is 0.380 e. The minimum atomic E-state index is 0.511. The SMILES string of the molecule is CCOCCN(CC)CC1CC(C)(C)CCC1NC. The maximum atomic E-state index is 5.49. The monoisotopic (exact) mass is 270 g/mol. The number of likely N-dealkylation sites (N-methyl/N-ethyl adjacent to an activating group) is 1. The van der Waals surface area contributed by atoms with Crippen LogP contribution in [0.3, 0.4) is 0 Å². The molecular formula is C16H34N2O. The third kappa shape index (κ3) is 5.80. The van der Waals surface area contributed by atoms with Crippen LogP contribution in [-0.4, -0.2) is 50.8 Å². The molecule has 2 atom stereocenters. The number of hydrogen-bond acceptors (Lipinski definition) is 3. The van der Waals surface area contributed by atoms with Crippen LogP contribution >= 0.6 is 0 Å². The number of nitrogens with one attached hydrogen (secondary N) is 1. The van der Waals surface area contributed by atoms with Crippen LogP contribution in [0.1, 0.15) is 47.0 Å². The molecule has 0 aliphatic heterocycles. The molecule has 0 aromatic heterocycles. The summed E-state index contributed by atoms with van der Waals surface area (Å²) in [5.74, 6) is 0.773. The van der Waals surface area contributed by atoms with Crippen LogP contribution in [0.4, 0.5) is 0 Å². The molecule has 0 aromatic rings. The minimum Gasteiger partial charge on any atom is -0.380 e. The Morgan fingerprint density at radius 2 is 2.05 bits per heavy atom. The third-order valence-electron chi connectivity index (χ3n) is 4.58. The molecule has 3 heteroatoms. The molecule has 3 nitrogen and oxygen atoms in total. The summed E-state index contributed by atoms with van der Waals surface area (Å²) in [7, 11) is 2.12. The van der Waals surface area contributed by atoms with E-state index in [1.54, 1.807) is 0 Å². The summed E-state index contributed by atoms with van der Waals surface area (Å²) in [6.07, 6.45) is 4.00. The summed E-state index contributed by atoms with van der Waals surface area (Å²) in [6.45, 7) is 14.3. The first kappa shape index (κ1) is 16.9. The molecule has 1 rings (SSSR count). The molecular weight excluding hydrogens is 236 g/mol. The topological polar surface area (TPSA) is 24.5 Å². The Morgan fingerprint density at radius 1 is 1.32 bits per heavy atom. The first-order valence-electron chi connectivity index (χ1n) is 7.99. The van der Waals surface area contributed by atoms with Crippen molar-refractivity contribution in [2.24, 2.45) is 11.3 Å². The molecule has 0 saturated heterocycles. The van der Waals surface area contributed by atoms with Crippen molar-refractivity contribution in [3.8, 4) is 0 Å². The van der Waals surface area contributed by atoms with Gasteiger partial charge in [-0.25, -0.2) is 0 Å². The van der Waals surface area contributed by atoms with Gasteiger partial charge in [-0.2, -0.15) is 0 Å². The molecule has 19 heavy (non-hydrogen) atoms. The van der Waals surface area contributed by atoms with E-state index in [2.05, 4.69) is 45.0 Å². The van der Waals surface area contributed by atoms with Gasteiger partial charge in [-0.3, -0.25) is 0 Å². The fourth-order valence-corrected chi connectivity index (χ4v) is 3.36. The Bertz CT molecular complexity index is 243. The van der Waals surface area contributed by atoms with Crippen molar-refractivity contribution in [2.75, 3.05) is 39.9 Å². The lowest BCUT2D eigenvalue weighted by Gasteiger charge is -2.42. The predicted octanol–water partition coefficient (Wildman–Crippen LogP) is 2.76. The van der Waals surface area contributed by atoms with Gasteiger partial charge < -0.3 is 15.0 Å². The van der Waals surface area contributed by atoms with Crippen LogP contribution < -0.4 is 5.32 Å². The van der Waals surface area contributed by atoms with Crippen LogP contribution in [0, 0.1) is 11.3 Å². The Morgan fingerprint density at radius 3 is 2.63 bits per heavy atom. The number of ether oxygens (including phenoxy) is 1. The average Bonchev–Trinajstić information content (AvgIpc) is 2.37. The lowest BCUT2D eigenvalue weighted by atomic mass is 9.69. The molecule has 1 N–H and O–H groups in total. The summed E-state index contributed by atoms with van der Waals surface area (Å²) in [5.41, 5.74) is 0.511. The van der Waals surface area contributed by atoms with Crippen LogP contribution in [0.2, 0.25) is 0 Å². The Balaban J connectivity index is 2.49. The highest BCUT2D eigenvalue weighted by molar-refractivity contribution is 4.89. The summed E-state index contributed by atoms with van der Waals surface area (Å²) < 4.78 is 5.49. The van der Waals surface area contributed by atoms with E-state index in [0.29, 0.717) is 11.5 Å². The number of hydrogen-bond donors (Lipinski definition) is 1. The van der Waals surface area contributed by atoms with Gasteiger partial charge in [0.2, 0.25) is 0 Å². The molecule has 2 unspecified atom stereocenters. The zero-order valence-electron chi connectivity index (χ0n) is 13.7. The third-order valence-corrected chi connectivity index (χ3v) is 4.58. The molecule has 1 aliphatic carbocycles. The summed E-state index contributed by atoms with van der Waals surface area (Å²) in [4.78, 5) is 2.55. The highest BCUT2D eigenvalue weighted by atomic mass is 16.5. The second-order valence-corrected chi connectivity index (χ2v) is 6.65. The number of rotatable bonds is 8. The predicted molar refractivity (Wildman–Crippen MR) is 82.6 cm³/mol. The van der Waals surface area contributed by atoms with Crippen molar-refractivity contribution >= 4 is 0 Å². The fraction of sp³-hybridized carbons (Fsp3) is 1.00. The second kappa shape index (κ2) is 8.23. The molecule has 0 aromatic carbocycles. The van der Waals surface area contributed by atoms with Crippen LogP contribution in [0.15, 0.2) is 0 Å². The maximum Gasteiger partial charge on any atom is 0.0593 e. The van der Waals surface area contributed by atoms with Crippen LogP contribution in [0.5, 0.6) is 0 Å².